The Morgan fingerprint density at radius 2 is 1.96 bits per heavy atom. The lowest BCUT2D eigenvalue weighted by molar-refractivity contribution is 0.126. The molecule has 7 heteroatoms. The van der Waals surface area contributed by atoms with Gasteiger partial charge in [0.15, 0.2) is 0 Å². The fraction of sp³-hybridized carbons (Fsp3) is 0.176. The minimum Gasteiger partial charge on any atom is -0.489 e. The lowest BCUT2D eigenvalue weighted by Crippen LogP contribution is -2.20. The van der Waals surface area contributed by atoms with Gasteiger partial charge in [-0.25, -0.2) is 9.97 Å². The zero-order chi connectivity index (χ0) is 16.9. The fourth-order valence-corrected chi connectivity index (χ4v) is 3.46. The van der Waals surface area contributed by atoms with Crippen LogP contribution < -0.4 is 4.74 Å². The van der Waals surface area contributed by atoms with Gasteiger partial charge in [-0.2, -0.15) is 0 Å². The average molecular weight is 381 g/mol. The topological polar surface area (TPSA) is 55.2 Å². The SMILES string of the molecule is O[C@@H](COc1ccc(Cl)cc1Cl)CSc1ncnc2ccccc12. The number of ether oxygens (including phenoxy) is 1. The van der Waals surface area contributed by atoms with E-state index in [4.69, 9.17) is 27.9 Å². The van der Waals surface area contributed by atoms with Crippen molar-refractivity contribution in [3.05, 3.63) is 58.8 Å². The molecule has 0 amide bonds. The van der Waals surface area contributed by atoms with Gasteiger partial charge in [0, 0.05) is 16.2 Å². The molecule has 0 saturated heterocycles. The number of aliphatic hydroxyl groups excluding tert-OH is 1. The molecule has 3 aromatic rings. The molecule has 3 rings (SSSR count). The minimum atomic E-state index is -0.657. The van der Waals surface area contributed by atoms with Gasteiger partial charge in [-0.3, -0.25) is 0 Å². The highest BCUT2D eigenvalue weighted by molar-refractivity contribution is 7.99. The molecule has 124 valence electrons. The number of rotatable bonds is 6. The van der Waals surface area contributed by atoms with Crippen LogP contribution in [-0.4, -0.2) is 33.5 Å². The van der Waals surface area contributed by atoms with E-state index in [0.717, 1.165) is 15.9 Å². The summed E-state index contributed by atoms with van der Waals surface area (Å²) in [7, 11) is 0. The number of fused-ring (bicyclic) bond motifs is 1. The van der Waals surface area contributed by atoms with Gasteiger partial charge in [-0.15, -0.1) is 11.8 Å². The Labute approximate surface area is 153 Å². The number of aliphatic hydroxyl groups is 1. The predicted octanol–water partition coefficient (Wildman–Crippen LogP) is 4.47. The van der Waals surface area contributed by atoms with E-state index in [-0.39, 0.29) is 6.61 Å². The van der Waals surface area contributed by atoms with E-state index >= 15 is 0 Å². The number of halogens is 2. The monoisotopic (exact) mass is 380 g/mol. The van der Waals surface area contributed by atoms with Crippen molar-refractivity contribution in [3.8, 4) is 5.75 Å². The van der Waals surface area contributed by atoms with Crippen LogP contribution in [0.2, 0.25) is 10.0 Å². The molecule has 0 aliphatic rings. The fourth-order valence-electron chi connectivity index (χ4n) is 2.10. The number of para-hydroxylation sites is 1. The molecule has 0 saturated carbocycles. The quantitative estimate of drug-likeness (QED) is 0.504. The number of nitrogens with zero attached hydrogens (tertiary/aromatic N) is 2. The summed E-state index contributed by atoms with van der Waals surface area (Å²) in [5.74, 6) is 0.948. The van der Waals surface area contributed by atoms with Crippen LogP contribution in [0.5, 0.6) is 5.75 Å². The third-order valence-electron chi connectivity index (χ3n) is 3.24. The van der Waals surface area contributed by atoms with E-state index in [1.165, 1.54) is 18.1 Å². The molecular formula is C17H14Cl2N2O2S. The van der Waals surface area contributed by atoms with E-state index < -0.39 is 6.10 Å². The van der Waals surface area contributed by atoms with E-state index in [1.54, 1.807) is 18.2 Å². The van der Waals surface area contributed by atoms with Crippen LogP contribution in [0.3, 0.4) is 0 Å². The summed E-state index contributed by atoms with van der Waals surface area (Å²) in [5, 5.41) is 12.9. The molecular weight excluding hydrogens is 367 g/mol. The molecule has 4 nitrogen and oxygen atoms in total. The van der Waals surface area contributed by atoms with Gasteiger partial charge < -0.3 is 9.84 Å². The lowest BCUT2D eigenvalue weighted by atomic mass is 10.2. The molecule has 0 fully saturated rings. The van der Waals surface area contributed by atoms with Crippen molar-refractivity contribution in [1.29, 1.82) is 0 Å². The maximum absolute atomic E-state index is 10.1. The molecule has 24 heavy (non-hydrogen) atoms. The number of aromatic nitrogens is 2. The van der Waals surface area contributed by atoms with Crippen LogP contribution in [0, 0.1) is 0 Å². The largest absolute Gasteiger partial charge is 0.489 e. The van der Waals surface area contributed by atoms with E-state index in [2.05, 4.69) is 9.97 Å². The Morgan fingerprint density at radius 1 is 1.12 bits per heavy atom. The van der Waals surface area contributed by atoms with Gasteiger partial charge in [0.2, 0.25) is 0 Å². The van der Waals surface area contributed by atoms with Crippen LogP contribution in [0.4, 0.5) is 0 Å². The summed E-state index contributed by atoms with van der Waals surface area (Å²) >= 11 is 13.3. The summed E-state index contributed by atoms with van der Waals surface area (Å²) in [6, 6.07) is 12.8. The van der Waals surface area contributed by atoms with Crippen molar-refractivity contribution < 1.29 is 9.84 Å². The molecule has 1 heterocycles. The van der Waals surface area contributed by atoms with Crippen molar-refractivity contribution in [3.63, 3.8) is 0 Å². The maximum atomic E-state index is 10.1. The predicted molar refractivity (Wildman–Crippen MR) is 98.2 cm³/mol. The number of hydrogen-bond acceptors (Lipinski definition) is 5. The van der Waals surface area contributed by atoms with E-state index in [0.29, 0.717) is 21.5 Å². The molecule has 0 aliphatic heterocycles. The van der Waals surface area contributed by atoms with Crippen LogP contribution in [-0.2, 0) is 0 Å². The molecule has 1 aromatic heterocycles. The standard InChI is InChI=1S/C17H14Cl2N2O2S/c18-11-5-6-16(14(19)7-11)23-8-12(22)9-24-17-13-3-1-2-4-15(13)20-10-21-17/h1-7,10,12,22H,8-9H2/t12-/m0/s1. The van der Waals surface area contributed by atoms with Gasteiger partial charge in [0.1, 0.15) is 23.7 Å². The second-order valence-electron chi connectivity index (χ2n) is 5.05. The second-order valence-corrected chi connectivity index (χ2v) is 6.90. The Balaban J connectivity index is 1.58. The highest BCUT2D eigenvalue weighted by atomic mass is 35.5. The Morgan fingerprint density at radius 3 is 2.79 bits per heavy atom. The molecule has 0 radical (unpaired) electrons. The van der Waals surface area contributed by atoms with Gasteiger partial charge in [-0.05, 0) is 24.3 Å². The van der Waals surface area contributed by atoms with Gasteiger partial charge in [0.05, 0.1) is 16.6 Å². The summed E-state index contributed by atoms with van der Waals surface area (Å²) in [4.78, 5) is 8.51. The van der Waals surface area contributed by atoms with E-state index in [9.17, 15) is 5.11 Å². The molecule has 0 aliphatic carbocycles. The Bertz CT molecular complexity index is 842. The second kappa shape index (κ2) is 8.03. The average Bonchev–Trinajstić information content (AvgIpc) is 2.59. The highest BCUT2D eigenvalue weighted by Crippen LogP contribution is 2.28. The van der Waals surface area contributed by atoms with Crippen molar-refractivity contribution in [2.45, 2.75) is 11.1 Å². The molecule has 2 aromatic carbocycles. The Hall–Kier alpha value is -1.53. The summed E-state index contributed by atoms with van der Waals surface area (Å²) in [6.07, 6.45) is 0.872. The number of benzene rings is 2. The number of thioether (sulfide) groups is 1. The van der Waals surface area contributed by atoms with Crippen molar-refractivity contribution in [2.24, 2.45) is 0 Å². The van der Waals surface area contributed by atoms with Gasteiger partial charge in [-0.1, -0.05) is 41.4 Å². The summed E-state index contributed by atoms with van der Waals surface area (Å²) in [5.41, 5.74) is 0.883. The molecule has 1 N–H and O–H groups in total. The van der Waals surface area contributed by atoms with Gasteiger partial charge in [0.25, 0.3) is 0 Å². The summed E-state index contributed by atoms with van der Waals surface area (Å²) in [6.45, 7) is 0.136. The van der Waals surface area contributed by atoms with Crippen LogP contribution in [0.1, 0.15) is 0 Å². The first-order chi connectivity index (χ1) is 11.6. The van der Waals surface area contributed by atoms with Gasteiger partial charge >= 0.3 is 0 Å². The minimum absolute atomic E-state index is 0.136. The van der Waals surface area contributed by atoms with Crippen LogP contribution in [0.25, 0.3) is 10.9 Å². The molecule has 0 bridgehead atoms. The maximum Gasteiger partial charge on any atom is 0.138 e. The first-order valence-electron chi connectivity index (χ1n) is 7.22. The zero-order valence-corrected chi connectivity index (χ0v) is 14.9. The smallest absolute Gasteiger partial charge is 0.138 e. The van der Waals surface area contributed by atoms with Crippen LogP contribution >= 0.6 is 35.0 Å². The first kappa shape index (κ1) is 17.3. The van der Waals surface area contributed by atoms with E-state index in [1.807, 2.05) is 24.3 Å². The number of hydrogen-bond donors (Lipinski definition) is 1. The normalized spacial score (nSPS) is 12.3. The molecule has 1 atom stereocenters. The van der Waals surface area contributed by atoms with Crippen LogP contribution in [0.15, 0.2) is 53.8 Å². The Kier molecular flexibility index (Phi) is 5.79. The third-order valence-corrected chi connectivity index (χ3v) is 4.92. The van der Waals surface area contributed by atoms with Crippen molar-refractivity contribution >= 4 is 45.9 Å². The van der Waals surface area contributed by atoms with Crippen molar-refractivity contribution in [1.82, 2.24) is 9.97 Å². The summed E-state index contributed by atoms with van der Waals surface area (Å²) < 4.78 is 5.54. The highest BCUT2D eigenvalue weighted by Gasteiger charge is 2.11. The zero-order valence-electron chi connectivity index (χ0n) is 12.5. The molecule has 0 spiro atoms. The lowest BCUT2D eigenvalue weighted by Gasteiger charge is -2.13. The first-order valence-corrected chi connectivity index (χ1v) is 8.96. The molecule has 0 unspecified atom stereocenters. The third kappa shape index (κ3) is 4.30. The van der Waals surface area contributed by atoms with Crippen molar-refractivity contribution in [2.75, 3.05) is 12.4 Å².